The van der Waals surface area contributed by atoms with E-state index < -0.39 is 6.04 Å². The molecular formula is C23H26Cl2N2O4. The zero-order valence-corrected chi connectivity index (χ0v) is 19.1. The lowest BCUT2D eigenvalue weighted by Crippen LogP contribution is -2.47. The Kier molecular flexibility index (Phi) is 8.04. The van der Waals surface area contributed by atoms with Gasteiger partial charge in [-0.05, 0) is 55.2 Å². The van der Waals surface area contributed by atoms with Gasteiger partial charge in [-0.2, -0.15) is 0 Å². The van der Waals surface area contributed by atoms with Crippen LogP contribution in [0.1, 0.15) is 37.8 Å². The molecule has 0 spiro atoms. The summed E-state index contributed by atoms with van der Waals surface area (Å²) < 4.78 is 10.7. The first-order valence-corrected chi connectivity index (χ1v) is 11.0. The first-order valence-electron chi connectivity index (χ1n) is 10.3. The monoisotopic (exact) mass is 464 g/mol. The lowest BCUT2D eigenvalue weighted by Gasteiger charge is -2.29. The van der Waals surface area contributed by atoms with Gasteiger partial charge in [0.1, 0.15) is 6.04 Å². The van der Waals surface area contributed by atoms with Gasteiger partial charge in [0, 0.05) is 29.6 Å². The van der Waals surface area contributed by atoms with Crippen molar-refractivity contribution in [1.29, 1.82) is 0 Å². The van der Waals surface area contributed by atoms with Crippen LogP contribution in [0.15, 0.2) is 36.4 Å². The van der Waals surface area contributed by atoms with Gasteiger partial charge in [-0.15, -0.1) is 0 Å². The molecule has 0 bridgehead atoms. The first kappa shape index (κ1) is 23.2. The molecule has 0 aromatic heterocycles. The lowest BCUT2D eigenvalue weighted by atomic mass is 10.1. The highest BCUT2D eigenvalue weighted by molar-refractivity contribution is 6.35. The molecule has 0 unspecified atom stereocenters. The van der Waals surface area contributed by atoms with Crippen molar-refractivity contribution in [3.8, 4) is 11.5 Å². The predicted octanol–water partition coefficient (Wildman–Crippen LogP) is 4.60. The van der Waals surface area contributed by atoms with Gasteiger partial charge in [0.25, 0.3) is 0 Å². The van der Waals surface area contributed by atoms with E-state index in [-0.39, 0.29) is 31.6 Å². The van der Waals surface area contributed by atoms with Gasteiger partial charge in [0.2, 0.25) is 18.6 Å². The molecule has 0 aliphatic carbocycles. The summed E-state index contributed by atoms with van der Waals surface area (Å²) in [6, 6.07) is 10.1. The van der Waals surface area contributed by atoms with Crippen LogP contribution in [0.2, 0.25) is 10.0 Å². The van der Waals surface area contributed by atoms with Crippen LogP contribution in [0.25, 0.3) is 0 Å². The van der Waals surface area contributed by atoms with Crippen molar-refractivity contribution < 1.29 is 19.1 Å². The van der Waals surface area contributed by atoms with Crippen LogP contribution in [-0.4, -0.2) is 36.1 Å². The number of halogens is 2. The van der Waals surface area contributed by atoms with Gasteiger partial charge in [-0.3, -0.25) is 9.59 Å². The molecule has 1 heterocycles. The van der Waals surface area contributed by atoms with E-state index in [4.69, 9.17) is 32.7 Å². The van der Waals surface area contributed by atoms with Crippen molar-refractivity contribution in [2.24, 2.45) is 0 Å². The van der Waals surface area contributed by atoms with Gasteiger partial charge in [-0.25, -0.2) is 0 Å². The minimum atomic E-state index is -0.637. The standard InChI is InChI=1S/C23H26Cl2N2O4/c1-3-10-26-23(29)15(2)27(13-17-6-7-18(24)12-19(17)25)22(28)9-5-16-4-8-20-21(11-16)31-14-30-20/h4,6-8,11-12,15H,3,5,9-10,13-14H2,1-2H3,(H,26,29)/t15-/m0/s1. The molecule has 2 aromatic carbocycles. The maximum atomic E-state index is 13.2. The molecule has 0 radical (unpaired) electrons. The lowest BCUT2D eigenvalue weighted by molar-refractivity contribution is -0.140. The molecule has 2 aromatic rings. The van der Waals surface area contributed by atoms with Gasteiger partial charge in [-0.1, -0.05) is 42.3 Å². The summed E-state index contributed by atoms with van der Waals surface area (Å²) in [6.07, 6.45) is 1.58. The molecular weight excluding hydrogens is 439 g/mol. The molecule has 1 aliphatic heterocycles. The van der Waals surface area contributed by atoms with Crippen molar-refractivity contribution in [3.05, 3.63) is 57.6 Å². The van der Waals surface area contributed by atoms with E-state index in [1.165, 1.54) is 0 Å². The highest BCUT2D eigenvalue weighted by Crippen LogP contribution is 2.33. The average Bonchev–Trinajstić information content (AvgIpc) is 3.22. The number of amides is 2. The fourth-order valence-electron chi connectivity index (χ4n) is 3.30. The third-order valence-corrected chi connectivity index (χ3v) is 5.72. The molecule has 1 atom stereocenters. The molecule has 1 N–H and O–H groups in total. The molecule has 0 fully saturated rings. The second-order valence-electron chi connectivity index (χ2n) is 7.41. The quantitative estimate of drug-likeness (QED) is 0.588. The third-order valence-electron chi connectivity index (χ3n) is 5.14. The summed E-state index contributed by atoms with van der Waals surface area (Å²) in [5.74, 6) is 1.06. The van der Waals surface area contributed by atoms with E-state index in [1.807, 2.05) is 25.1 Å². The molecule has 166 valence electrons. The van der Waals surface area contributed by atoms with E-state index >= 15 is 0 Å². The predicted molar refractivity (Wildman–Crippen MR) is 121 cm³/mol. The van der Waals surface area contributed by atoms with Crippen molar-refractivity contribution in [2.45, 2.75) is 45.7 Å². The van der Waals surface area contributed by atoms with Crippen LogP contribution in [0.3, 0.4) is 0 Å². The Morgan fingerprint density at radius 2 is 1.90 bits per heavy atom. The van der Waals surface area contributed by atoms with E-state index in [0.717, 1.165) is 17.5 Å². The zero-order valence-electron chi connectivity index (χ0n) is 17.6. The Morgan fingerprint density at radius 1 is 1.13 bits per heavy atom. The highest BCUT2D eigenvalue weighted by Gasteiger charge is 2.26. The van der Waals surface area contributed by atoms with Gasteiger partial charge in [0.05, 0.1) is 0 Å². The molecule has 0 saturated heterocycles. The van der Waals surface area contributed by atoms with Crippen molar-refractivity contribution in [2.75, 3.05) is 13.3 Å². The number of benzene rings is 2. The van der Waals surface area contributed by atoms with Crippen LogP contribution in [-0.2, 0) is 22.6 Å². The number of carbonyl (C=O) groups is 2. The van der Waals surface area contributed by atoms with Crippen LogP contribution < -0.4 is 14.8 Å². The van der Waals surface area contributed by atoms with E-state index in [9.17, 15) is 9.59 Å². The molecule has 31 heavy (non-hydrogen) atoms. The van der Waals surface area contributed by atoms with Gasteiger partial charge >= 0.3 is 0 Å². The Hall–Kier alpha value is -2.44. The summed E-state index contributed by atoms with van der Waals surface area (Å²) in [6.45, 7) is 4.69. The normalized spacial score (nSPS) is 13.0. The fourth-order valence-corrected chi connectivity index (χ4v) is 3.77. The van der Waals surface area contributed by atoms with Crippen LogP contribution >= 0.6 is 23.2 Å². The molecule has 3 rings (SSSR count). The Morgan fingerprint density at radius 3 is 2.65 bits per heavy atom. The highest BCUT2D eigenvalue weighted by atomic mass is 35.5. The minimum Gasteiger partial charge on any atom is -0.454 e. The Labute approximate surface area is 192 Å². The minimum absolute atomic E-state index is 0.136. The molecule has 6 nitrogen and oxygen atoms in total. The van der Waals surface area contributed by atoms with E-state index in [2.05, 4.69) is 5.32 Å². The largest absolute Gasteiger partial charge is 0.454 e. The maximum Gasteiger partial charge on any atom is 0.242 e. The summed E-state index contributed by atoms with van der Waals surface area (Å²) in [7, 11) is 0. The third kappa shape index (κ3) is 6.05. The first-order chi connectivity index (χ1) is 14.9. The number of aryl methyl sites for hydroxylation is 1. The molecule has 0 saturated carbocycles. The summed E-state index contributed by atoms with van der Waals surface area (Å²) in [4.78, 5) is 27.3. The number of rotatable bonds is 9. The number of ether oxygens (including phenoxy) is 2. The number of hydrogen-bond acceptors (Lipinski definition) is 4. The van der Waals surface area contributed by atoms with Gasteiger partial charge < -0.3 is 19.7 Å². The molecule has 1 aliphatic rings. The number of fused-ring (bicyclic) bond motifs is 1. The second kappa shape index (κ2) is 10.7. The van der Waals surface area contributed by atoms with Gasteiger partial charge in [0.15, 0.2) is 11.5 Å². The smallest absolute Gasteiger partial charge is 0.242 e. The maximum absolute atomic E-state index is 13.2. The van der Waals surface area contributed by atoms with Crippen LogP contribution in [0, 0.1) is 0 Å². The number of nitrogens with one attached hydrogen (secondary N) is 1. The molecule has 8 heteroatoms. The van der Waals surface area contributed by atoms with Crippen molar-refractivity contribution in [1.82, 2.24) is 10.2 Å². The molecule has 2 amide bonds. The fraction of sp³-hybridized carbons (Fsp3) is 0.391. The van der Waals surface area contributed by atoms with Crippen LogP contribution in [0.5, 0.6) is 11.5 Å². The summed E-state index contributed by atoms with van der Waals surface area (Å²) in [5.41, 5.74) is 1.70. The number of nitrogens with zero attached hydrogens (tertiary/aromatic N) is 1. The number of carbonyl (C=O) groups excluding carboxylic acids is 2. The summed E-state index contributed by atoms with van der Waals surface area (Å²) in [5, 5.41) is 3.84. The van der Waals surface area contributed by atoms with Crippen LogP contribution in [0.4, 0.5) is 0 Å². The van der Waals surface area contributed by atoms with E-state index in [1.54, 1.807) is 30.0 Å². The Balaban J connectivity index is 1.73. The second-order valence-corrected chi connectivity index (χ2v) is 8.26. The summed E-state index contributed by atoms with van der Waals surface area (Å²) >= 11 is 12.3. The van der Waals surface area contributed by atoms with Crippen molar-refractivity contribution >= 4 is 35.0 Å². The van der Waals surface area contributed by atoms with Crippen molar-refractivity contribution in [3.63, 3.8) is 0 Å². The average molecular weight is 465 g/mol. The van der Waals surface area contributed by atoms with E-state index in [0.29, 0.717) is 34.5 Å². The topological polar surface area (TPSA) is 67.9 Å². The SMILES string of the molecule is CCCNC(=O)[C@H](C)N(Cc1ccc(Cl)cc1Cl)C(=O)CCc1ccc2c(c1)OCO2. The Bertz CT molecular complexity index is 951. The zero-order chi connectivity index (χ0) is 22.4. The number of hydrogen-bond donors (Lipinski definition) is 1.